The fraction of sp³-hybridized carbons (Fsp3) is 0.400. The molecule has 1 saturated heterocycles. The van der Waals surface area contributed by atoms with Gasteiger partial charge >= 0.3 is 11.9 Å². The summed E-state index contributed by atoms with van der Waals surface area (Å²) in [5.41, 5.74) is -0.650. The van der Waals surface area contributed by atoms with Crippen molar-refractivity contribution >= 4 is 27.9 Å². The lowest BCUT2D eigenvalue weighted by atomic mass is 10.2. The van der Waals surface area contributed by atoms with E-state index in [4.69, 9.17) is 0 Å². The van der Waals surface area contributed by atoms with E-state index in [2.05, 4.69) is 15.4 Å². The molecule has 2 aromatic rings. The number of halogens is 3. The van der Waals surface area contributed by atoms with Crippen LogP contribution in [-0.2, 0) is 6.18 Å². The van der Waals surface area contributed by atoms with Crippen LogP contribution in [-0.4, -0.2) is 40.5 Å². The summed E-state index contributed by atoms with van der Waals surface area (Å²) in [7, 11) is 0. The molecule has 3 rings (SSSR count). The van der Waals surface area contributed by atoms with E-state index in [1.807, 2.05) is 4.90 Å². The Morgan fingerprint density at radius 3 is 2.48 bits per heavy atom. The molecule has 1 aliphatic heterocycles. The standard InChI is InChI=1S/C15H13F3N6O2S/c1-9-10(7-19)14(27-21-9)23-4-2-22(3-5-23)11-6-13(15(16,17)18)20-8-12(11)24(25)26/h6,8H,2-5H2,1H3. The van der Waals surface area contributed by atoms with Crippen LogP contribution in [0.5, 0.6) is 0 Å². The van der Waals surface area contributed by atoms with Gasteiger partial charge < -0.3 is 9.80 Å². The first-order chi connectivity index (χ1) is 12.7. The van der Waals surface area contributed by atoms with Crippen molar-refractivity contribution in [1.82, 2.24) is 9.36 Å². The zero-order chi connectivity index (χ0) is 19.8. The average Bonchev–Trinajstić information content (AvgIpc) is 3.01. The van der Waals surface area contributed by atoms with E-state index in [0.717, 1.165) is 0 Å². The lowest BCUT2D eigenvalue weighted by Crippen LogP contribution is -2.46. The molecule has 1 aliphatic rings. The van der Waals surface area contributed by atoms with E-state index < -0.39 is 22.5 Å². The zero-order valence-corrected chi connectivity index (χ0v) is 14.8. The Kier molecular flexibility index (Phi) is 4.88. The van der Waals surface area contributed by atoms with Crippen molar-refractivity contribution in [3.8, 4) is 6.07 Å². The number of piperazine rings is 1. The number of hydrogen-bond acceptors (Lipinski definition) is 8. The number of hydrogen-bond donors (Lipinski definition) is 0. The molecule has 0 aromatic carbocycles. The summed E-state index contributed by atoms with van der Waals surface area (Å²) in [6.07, 6.45) is -4.04. The third-order valence-electron chi connectivity index (χ3n) is 4.21. The Balaban J connectivity index is 1.85. The molecule has 0 radical (unpaired) electrons. The van der Waals surface area contributed by atoms with Gasteiger partial charge in [0.25, 0.3) is 0 Å². The van der Waals surface area contributed by atoms with Gasteiger partial charge in [0, 0.05) is 26.2 Å². The quantitative estimate of drug-likeness (QED) is 0.579. The molecule has 0 N–H and O–H groups in total. The van der Waals surface area contributed by atoms with Gasteiger partial charge in [0.1, 0.15) is 34.2 Å². The predicted octanol–water partition coefficient (Wildman–Crippen LogP) is 2.97. The summed E-state index contributed by atoms with van der Waals surface area (Å²) < 4.78 is 43.0. The number of rotatable bonds is 3. The number of nitrogens with zero attached hydrogens (tertiary/aromatic N) is 6. The molecule has 0 aliphatic carbocycles. The molecule has 142 valence electrons. The normalized spacial score (nSPS) is 14.9. The van der Waals surface area contributed by atoms with E-state index >= 15 is 0 Å². The van der Waals surface area contributed by atoms with E-state index in [1.165, 1.54) is 16.4 Å². The molecule has 0 atom stereocenters. The first-order valence-electron chi connectivity index (χ1n) is 7.80. The fourth-order valence-electron chi connectivity index (χ4n) is 2.84. The van der Waals surface area contributed by atoms with E-state index in [-0.39, 0.29) is 18.8 Å². The Hall–Kier alpha value is -2.94. The minimum absolute atomic E-state index is 0.108. The fourth-order valence-corrected chi connectivity index (χ4v) is 3.74. The third-order valence-corrected chi connectivity index (χ3v) is 5.21. The molecule has 8 nitrogen and oxygen atoms in total. The number of aryl methyl sites for hydroxylation is 1. The molecular formula is C15H13F3N6O2S. The maximum atomic E-state index is 12.9. The van der Waals surface area contributed by atoms with Crippen molar-refractivity contribution in [1.29, 1.82) is 5.26 Å². The van der Waals surface area contributed by atoms with Crippen molar-refractivity contribution in [3.05, 3.63) is 39.3 Å². The van der Waals surface area contributed by atoms with Crippen LogP contribution in [0.15, 0.2) is 12.3 Å². The number of anilines is 2. The Morgan fingerprint density at radius 2 is 1.93 bits per heavy atom. The van der Waals surface area contributed by atoms with E-state index in [0.29, 0.717) is 41.6 Å². The minimum Gasteiger partial charge on any atom is -0.362 e. The highest BCUT2D eigenvalue weighted by atomic mass is 32.1. The number of nitro groups is 1. The number of pyridine rings is 1. The van der Waals surface area contributed by atoms with Crippen molar-refractivity contribution in [2.24, 2.45) is 0 Å². The van der Waals surface area contributed by atoms with Crippen LogP contribution in [0, 0.1) is 28.4 Å². The van der Waals surface area contributed by atoms with Gasteiger partial charge in [0.2, 0.25) is 0 Å². The maximum Gasteiger partial charge on any atom is 0.433 e. The first kappa shape index (κ1) is 18.8. The maximum absolute atomic E-state index is 12.9. The highest BCUT2D eigenvalue weighted by Crippen LogP contribution is 2.36. The molecule has 0 amide bonds. The van der Waals surface area contributed by atoms with Crippen molar-refractivity contribution in [2.45, 2.75) is 13.1 Å². The monoisotopic (exact) mass is 398 g/mol. The summed E-state index contributed by atoms with van der Waals surface area (Å²) in [4.78, 5) is 17.1. The van der Waals surface area contributed by atoms with Crippen LogP contribution in [0.3, 0.4) is 0 Å². The highest BCUT2D eigenvalue weighted by molar-refractivity contribution is 7.10. The second kappa shape index (κ2) is 6.99. The molecular weight excluding hydrogens is 385 g/mol. The minimum atomic E-state index is -4.69. The second-order valence-corrected chi connectivity index (χ2v) is 6.60. The van der Waals surface area contributed by atoms with Gasteiger partial charge in [-0.3, -0.25) is 10.1 Å². The Morgan fingerprint density at radius 1 is 1.30 bits per heavy atom. The van der Waals surface area contributed by atoms with Gasteiger partial charge in [-0.05, 0) is 24.5 Å². The van der Waals surface area contributed by atoms with Crippen LogP contribution >= 0.6 is 11.5 Å². The van der Waals surface area contributed by atoms with Crippen LogP contribution in [0.2, 0.25) is 0 Å². The van der Waals surface area contributed by atoms with Gasteiger partial charge in [-0.2, -0.15) is 22.8 Å². The number of nitriles is 1. The molecule has 3 heterocycles. The van der Waals surface area contributed by atoms with E-state index in [9.17, 15) is 28.5 Å². The molecule has 0 saturated carbocycles. The van der Waals surface area contributed by atoms with Gasteiger partial charge in [-0.25, -0.2) is 4.98 Å². The second-order valence-electron chi connectivity index (χ2n) is 5.85. The van der Waals surface area contributed by atoms with Crippen molar-refractivity contribution in [3.63, 3.8) is 0 Å². The summed E-state index contributed by atoms with van der Waals surface area (Å²) in [5, 5.41) is 21.1. The van der Waals surface area contributed by atoms with Gasteiger partial charge in [-0.15, -0.1) is 0 Å². The van der Waals surface area contributed by atoms with Crippen LogP contribution < -0.4 is 9.80 Å². The third kappa shape index (κ3) is 3.63. The number of aromatic nitrogens is 2. The lowest BCUT2D eigenvalue weighted by Gasteiger charge is -2.36. The van der Waals surface area contributed by atoms with Crippen LogP contribution in [0.1, 0.15) is 17.0 Å². The predicted molar refractivity (Wildman–Crippen MR) is 91.9 cm³/mol. The van der Waals surface area contributed by atoms with Crippen LogP contribution in [0.4, 0.5) is 29.5 Å². The smallest absolute Gasteiger partial charge is 0.362 e. The van der Waals surface area contributed by atoms with Gasteiger partial charge in [0.15, 0.2) is 0 Å². The zero-order valence-electron chi connectivity index (χ0n) is 14.0. The highest BCUT2D eigenvalue weighted by Gasteiger charge is 2.36. The largest absolute Gasteiger partial charge is 0.433 e. The Bertz CT molecular complexity index is 915. The average molecular weight is 398 g/mol. The van der Waals surface area contributed by atoms with Crippen molar-refractivity contribution in [2.75, 3.05) is 36.0 Å². The molecule has 27 heavy (non-hydrogen) atoms. The molecule has 2 aromatic heterocycles. The SMILES string of the molecule is Cc1nsc(N2CCN(c3cc(C(F)(F)F)ncc3[N+](=O)[O-])CC2)c1C#N. The first-order valence-corrected chi connectivity index (χ1v) is 8.57. The molecule has 0 unspecified atom stereocenters. The molecule has 0 bridgehead atoms. The summed E-state index contributed by atoms with van der Waals surface area (Å²) in [6, 6.07) is 2.82. The molecule has 1 fully saturated rings. The molecule has 12 heteroatoms. The Labute approximate surface area is 155 Å². The summed E-state index contributed by atoms with van der Waals surface area (Å²) >= 11 is 1.19. The van der Waals surface area contributed by atoms with Crippen LogP contribution in [0.25, 0.3) is 0 Å². The summed E-state index contributed by atoms with van der Waals surface area (Å²) in [6.45, 7) is 3.07. The number of alkyl halides is 3. The summed E-state index contributed by atoms with van der Waals surface area (Å²) in [5.74, 6) is 0. The van der Waals surface area contributed by atoms with Crippen molar-refractivity contribution < 1.29 is 18.1 Å². The van der Waals surface area contributed by atoms with Gasteiger partial charge in [0.05, 0.1) is 10.6 Å². The topological polar surface area (TPSA) is 99.2 Å². The molecule has 0 spiro atoms. The van der Waals surface area contributed by atoms with Gasteiger partial charge in [-0.1, -0.05) is 0 Å². The lowest BCUT2D eigenvalue weighted by molar-refractivity contribution is -0.384. The van der Waals surface area contributed by atoms with E-state index in [1.54, 1.807) is 6.92 Å².